The van der Waals surface area contributed by atoms with Gasteiger partial charge in [0.1, 0.15) is 0 Å². The maximum Gasteiger partial charge on any atom is 0.237 e. The van der Waals surface area contributed by atoms with E-state index < -0.39 is 6.04 Å². The fraction of sp³-hybridized carbons (Fsp3) is 0.588. The highest BCUT2D eigenvalue weighted by Crippen LogP contribution is 2.29. The minimum Gasteiger partial charge on any atom is -0.352 e. The summed E-state index contributed by atoms with van der Waals surface area (Å²) in [6.45, 7) is 2.23. The number of nitrogens with zero attached hydrogens (tertiary/aromatic N) is 1. The normalized spacial score (nSPS) is 22.0. The molecule has 0 bridgehead atoms. The zero-order chi connectivity index (χ0) is 14.7. The van der Waals surface area contributed by atoms with E-state index in [1.165, 1.54) is 12.8 Å². The maximum absolute atomic E-state index is 12.2. The van der Waals surface area contributed by atoms with Crippen LogP contribution in [0, 0.1) is 0 Å². The maximum atomic E-state index is 12.2. The van der Waals surface area contributed by atoms with Crippen molar-refractivity contribution in [1.29, 1.82) is 0 Å². The zero-order valence-electron chi connectivity index (χ0n) is 12.5. The Morgan fingerprint density at radius 1 is 1.19 bits per heavy atom. The number of nitrogens with two attached hydrogens (primary N) is 1. The number of amides is 1. The van der Waals surface area contributed by atoms with Gasteiger partial charge in [-0.25, -0.2) is 0 Å². The van der Waals surface area contributed by atoms with E-state index in [1.54, 1.807) is 0 Å². The van der Waals surface area contributed by atoms with E-state index in [4.69, 9.17) is 5.73 Å². The molecule has 0 aromatic heterocycles. The van der Waals surface area contributed by atoms with Crippen molar-refractivity contribution >= 4 is 5.91 Å². The number of benzene rings is 1. The average Bonchev–Trinajstić information content (AvgIpc) is 3.34. The summed E-state index contributed by atoms with van der Waals surface area (Å²) in [4.78, 5) is 14.8. The lowest BCUT2D eigenvalue weighted by Gasteiger charge is -2.32. The highest BCUT2D eigenvalue weighted by Gasteiger charge is 2.32. The van der Waals surface area contributed by atoms with Crippen LogP contribution in [0.3, 0.4) is 0 Å². The van der Waals surface area contributed by atoms with Crippen molar-refractivity contribution in [3.05, 3.63) is 35.9 Å². The Hall–Kier alpha value is -1.39. The van der Waals surface area contributed by atoms with Gasteiger partial charge in [-0.1, -0.05) is 30.3 Å². The largest absolute Gasteiger partial charge is 0.352 e. The number of likely N-dealkylation sites (tertiary alicyclic amines) is 1. The minimum absolute atomic E-state index is 0.0104. The molecule has 0 unspecified atom stereocenters. The molecule has 21 heavy (non-hydrogen) atoms. The van der Waals surface area contributed by atoms with Crippen molar-refractivity contribution in [3.8, 4) is 0 Å². The van der Waals surface area contributed by atoms with E-state index in [-0.39, 0.29) is 5.91 Å². The number of piperidine rings is 1. The Bertz CT molecular complexity index is 464. The van der Waals surface area contributed by atoms with Crippen LogP contribution in [0.25, 0.3) is 0 Å². The lowest BCUT2D eigenvalue weighted by Crippen LogP contribution is -2.50. The van der Waals surface area contributed by atoms with Gasteiger partial charge in [0.2, 0.25) is 5.91 Å². The lowest BCUT2D eigenvalue weighted by molar-refractivity contribution is -0.123. The van der Waals surface area contributed by atoms with Gasteiger partial charge in [-0.3, -0.25) is 4.79 Å². The first-order valence-corrected chi connectivity index (χ1v) is 8.06. The van der Waals surface area contributed by atoms with Crippen LogP contribution < -0.4 is 11.1 Å². The van der Waals surface area contributed by atoms with Gasteiger partial charge in [0.05, 0.1) is 6.04 Å². The predicted molar refractivity (Wildman–Crippen MR) is 83.9 cm³/mol. The summed E-state index contributed by atoms with van der Waals surface area (Å²) in [7, 11) is 0. The van der Waals surface area contributed by atoms with E-state index in [1.807, 2.05) is 30.3 Å². The first kappa shape index (κ1) is 14.5. The van der Waals surface area contributed by atoms with E-state index in [2.05, 4.69) is 10.2 Å². The van der Waals surface area contributed by atoms with Crippen molar-refractivity contribution in [2.24, 2.45) is 5.73 Å². The molecule has 3 rings (SSSR count). The van der Waals surface area contributed by atoms with Crippen LogP contribution in [-0.2, 0) is 11.2 Å². The summed E-state index contributed by atoms with van der Waals surface area (Å²) in [6.07, 6.45) is 5.44. The molecule has 4 heteroatoms. The fourth-order valence-electron chi connectivity index (χ4n) is 3.12. The Morgan fingerprint density at radius 3 is 2.48 bits per heavy atom. The van der Waals surface area contributed by atoms with Gasteiger partial charge < -0.3 is 16.0 Å². The summed E-state index contributed by atoms with van der Waals surface area (Å²) in [5.41, 5.74) is 7.14. The summed E-state index contributed by atoms with van der Waals surface area (Å²) < 4.78 is 0. The summed E-state index contributed by atoms with van der Waals surface area (Å²) in [5.74, 6) is -0.0104. The van der Waals surface area contributed by atoms with E-state index in [0.717, 1.165) is 37.5 Å². The van der Waals surface area contributed by atoms with Gasteiger partial charge in [-0.15, -0.1) is 0 Å². The number of hydrogen-bond acceptors (Lipinski definition) is 3. The first-order chi connectivity index (χ1) is 10.2. The van der Waals surface area contributed by atoms with Crippen molar-refractivity contribution in [2.75, 3.05) is 13.1 Å². The van der Waals surface area contributed by atoms with Crippen LogP contribution in [0.5, 0.6) is 0 Å². The van der Waals surface area contributed by atoms with Gasteiger partial charge in [0.15, 0.2) is 0 Å². The Balaban J connectivity index is 1.43. The second-order valence-corrected chi connectivity index (χ2v) is 6.35. The molecule has 3 N–H and O–H groups in total. The third kappa shape index (κ3) is 4.05. The van der Waals surface area contributed by atoms with Crippen LogP contribution in [-0.4, -0.2) is 42.0 Å². The third-order valence-electron chi connectivity index (χ3n) is 4.57. The quantitative estimate of drug-likeness (QED) is 0.858. The number of carbonyl (C=O) groups excluding carboxylic acids is 1. The second kappa shape index (κ2) is 6.58. The molecule has 1 heterocycles. The van der Waals surface area contributed by atoms with Crippen molar-refractivity contribution in [1.82, 2.24) is 10.2 Å². The molecule has 1 aromatic carbocycles. The lowest BCUT2D eigenvalue weighted by atomic mass is 10.0. The zero-order valence-corrected chi connectivity index (χ0v) is 12.5. The molecule has 114 valence electrons. The molecule has 1 aliphatic heterocycles. The first-order valence-electron chi connectivity index (χ1n) is 8.06. The van der Waals surface area contributed by atoms with Gasteiger partial charge in [0.25, 0.3) is 0 Å². The molecule has 0 radical (unpaired) electrons. The number of hydrogen-bond donors (Lipinski definition) is 2. The van der Waals surface area contributed by atoms with Crippen molar-refractivity contribution < 1.29 is 4.79 Å². The van der Waals surface area contributed by atoms with Crippen LogP contribution in [0.2, 0.25) is 0 Å². The number of rotatable bonds is 5. The highest BCUT2D eigenvalue weighted by molar-refractivity contribution is 5.82. The SMILES string of the molecule is N[C@@H](Cc1ccccc1)C(=O)NC1CCN(C2CC2)CC1. The number of nitrogens with one attached hydrogen (secondary N) is 1. The summed E-state index contributed by atoms with van der Waals surface area (Å²) in [6, 6.07) is 10.7. The third-order valence-corrected chi connectivity index (χ3v) is 4.57. The van der Waals surface area contributed by atoms with Gasteiger partial charge in [0, 0.05) is 25.2 Å². The van der Waals surface area contributed by atoms with E-state index >= 15 is 0 Å². The second-order valence-electron chi connectivity index (χ2n) is 6.35. The minimum atomic E-state index is -0.450. The topological polar surface area (TPSA) is 58.4 Å². The van der Waals surface area contributed by atoms with Crippen LogP contribution >= 0.6 is 0 Å². The Kier molecular flexibility index (Phi) is 4.56. The van der Waals surface area contributed by atoms with E-state index in [0.29, 0.717) is 12.5 Å². The molecular formula is C17H25N3O. The van der Waals surface area contributed by atoms with E-state index in [9.17, 15) is 4.79 Å². The molecule has 1 saturated heterocycles. The Labute approximate surface area is 126 Å². The molecule has 1 aliphatic carbocycles. The molecule has 1 atom stereocenters. The van der Waals surface area contributed by atoms with Crippen LogP contribution in [0.4, 0.5) is 0 Å². The van der Waals surface area contributed by atoms with Crippen LogP contribution in [0.15, 0.2) is 30.3 Å². The van der Waals surface area contributed by atoms with Gasteiger partial charge in [-0.2, -0.15) is 0 Å². The molecule has 0 spiro atoms. The molecule has 1 saturated carbocycles. The van der Waals surface area contributed by atoms with Gasteiger partial charge in [-0.05, 0) is 37.7 Å². The van der Waals surface area contributed by atoms with Gasteiger partial charge >= 0.3 is 0 Å². The summed E-state index contributed by atoms with van der Waals surface area (Å²) in [5, 5.41) is 3.13. The molecule has 1 aromatic rings. The molecular weight excluding hydrogens is 262 g/mol. The molecule has 4 nitrogen and oxygen atoms in total. The smallest absolute Gasteiger partial charge is 0.237 e. The standard InChI is InChI=1S/C17H25N3O/c18-16(12-13-4-2-1-3-5-13)17(21)19-14-8-10-20(11-9-14)15-6-7-15/h1-5,14-16H,6-12,18H2,(H,19,21)/t16-/m0/s1. The Morgan fingerprint density at radius 2 is 1.86 bits per heavy atom. The average molecular weight is 287 g/mol. The monoisotopic (exact) mass is 287 g/mol. The number of carbonyl (C=O) groups is 1. The van der Waals surface area contributed by atoms with Crippen molar-refractivity contribution in [2.45, 2.75) is 50.2 Å². The fourth-order valence-corrected chi connectivity index (χ4v) is 3.12. The summed E-state index contributed by atoms with van der Waals surface area (Å²) >= 11 is 0. The van der Waals surface area contributed by atoms with Crippen molar-refractivity contribution in [3.63, 3.8) is 0 Å². The molecule has 2 aliphatic rings. The highest BCUT2D eigenvalue weighted by atomic mass is 16.2. The molecule has 1 amide bonds. The molecule has 2 fully saturated rings. The van der Waals surface area contributed by atoms with Crippen LogP contribution in [0.1, 0.15) is 31.2 Å². The predicted octanol–water partition coefficient (Wildman–Crippen LogP) is 1.30.